The number of phenols is 1. The third kappa shape index (κ3) is 3.81. The molecule has 0 spiro atoms. The van der Waals surface area contributed by atoms with E-state index >= 15 is 0 Å². The summed E-state index contributed by atoms with van der Waals surface area (Å²) in [5.41, 5.74) is 5.56. The lowest BCUT2D eigenvalue weighted by Crippen LogP contribution is -2.33. The zero-order chi connectivity index (χ0) is 11.3. The molecule has 0 aromatic heterocycles. The highest BCUT2D eigenvalue weighted by Gasteiger charge is 2.13. The van der Waals surface area contributed by atoms with E-state index in [0.717, 1.165) is 4.90 Å². The van der Waals surface area contributed by atoms with Gasteiger partial charge in [0.1, 0.15) is 11.8 Å². The number of hydrogen-bond donors (Lipinski definition) is 2. The Kier molecular flexibility index (Phi) is 4.45. The highest BCUT2D eigenvalue weighted by atomic mass is 32.2. The van der Waals surface area contributed by atoms with Crippen LogP contribution >= 0.6 is 11.8 Å². The van der Waals surface area contributed by atoms with Crippen LogP contribution in [0.1, 0.15) is 0 Å². The van der Waals surface area contributed by atoms with E-state index in [4.69, 9.17) is 10.8 Å². The maximum Gasteiger partial charge on any atom is 0.323 e. The number of carbonyl (C=O) groups is 1. The first-order valence-corrected chi connectivity index (χ1v) is 5.37. The van der Waals surface area contributed by atoms with Crippen molar-refractivity contribution in [3.05, 3.63) is 24.3 Å². The van der Waals surface area contributed by atoms with Gasteiger partial charge in [0.05, 0.1) is 7.11 Å². The summed E-state index contributed by atoms with van der Waals surface area (Å²) in [6, 6.07) is 6.10. The second-order valence-electron chi connectivity index (χ2n) is 2.93. The summed E-state index contributed by atoms with van der Waals surface area (Å²) in [6.45, 7) is 0. The Morgan fingerprint density at radius 3 is 2.67 bits per heavy atom. The summed E-state index contributed by atoms with van der Waals surface area (Å²) in [5, 5.41) is 9.05. The maximum absolute atomic E-state index is 11.0. The number of methoxy groups -OCH3 is 1. The molecular formula is C10H13NO3S. The predicted octanol–water partition coefficient (Wildman–Crippen LogP) is 0.985. The van der Waals surface area contributed by atoms with Gasteiger partial charge in [0.15, 0.2) is 0 Å². The SMILES string of the molecule is COC(=O)C(N)CSc1ccc(O)cc1. The molecule has 1 aromatic carbocycles. The maximum atomic E-state index is 11.0. The quantitative estimate of drug-likeness (QED) is 0.592. The molecule has 0 amide bonds. The van der Waals surface area contributed by atoms with Crippen molar-refractivity contribution in [3.63, 3.8) is 0 Å². The number of aromatic hydroxyl groups is 1. The van der Waals surface area contributed by atoms with Crippen molar-refractivity contribution < 1.29 is 14.6 Å². The number of esters is 1. The molecule has 1 unspecified atom stereocenters. The van der Waals surface area contributed by atoms with Gasteiger partial charge in [-0.1, -0.05) is 0 Å². The van der Waals surface area contributed by atoms with Crippen molar-refractivity contribution in [1.29, 1.82) is 0 Å². The predicted molar refractivity (Wildman–Crippen MR) is 58.8 cm³/mol. The average molecular weight is 227 g/mol. The number of benzene rings is 1. The smallest absolute Gasteiger partial charge is 0.323 e. The number of hydrogen-bond acceptors (Lipinski definition) is 5. The molecule has 0 aliphatic heterocycles. The van der Waals surface area contributed by atoms with Crippen LogP contribution in [0.4, 0.5) is 0 Å². The fourth-order valence-corrected chi connectivity index (χ4v) is 1.78. The van der Waals surface area contributed by atoms with Gasteiger partial charge in [-0.15, -0.1) is 11.8 Å². The highest BCUT2D eigenvalue weighted by Crippen LogP contribution is 2.21. The lowest BCUT2D eigenvalue weighted by atomic mass is 10.3. The minimum atomic E-state index is -0.617. The van der Waals surface area contributed by atoms with Crippen LogP contribution in [0.2, 0.25) is 0 Å². The molecule has 0 heterocycles. The summed E-state index contributed by atoms with van der Waals surface area (Å²) in [4.78, 5) is 11.9. The molecule has 82 valence electrons. The van der Waals surface area contributed by atoms with E-state index in [1.165, 1.54) is 18.9 Å². The minimum Gasteiger partial charge on any atom is -0.508 e. The molecule has 4 nitrogen and oxygen atoms in total. The van der Waals surface area contributed by atoms with Crippen molar-refractivity contribution in [2.45, 2.75) is 10.9 Å². The Morgan fingerprint density at radius 1 is 1.53 bits per heavy atom. The number of thioether (sulfide) groups is 1. The standard InChI is InChI=1S/C10H13NO3S/c1-14-10(13)9(11)6-15-8-4-2-7(12)3-5-8/h2-5,9,12H,6,11H2,1H3. The molecule has 0 saturated heterocycles. The summed E-state index contributed by atoms with van der Waals surface area (Å²) < 4.78 is 4.50. The number of rotatable bonds is 4. The molecule has 0 fully saturated rings. The van der Waals surface area contributed by atoms with Gasteiger partial charge in [-0.2, -0.15) is 0 Å². The van der Waals surface area contributed by atoms with Gasteiger partial charge in [-0.05, 0) is 24.3 Å². The molecule has 0 aliphatic carbocycles. The first kappa shape index (κ1) is 11.9. The molecule has 5 heteroatoms. The van der Waals surface area contributed by atoms with Gasteiger partial charge in [-0.3, -0.25) is 4.79 Å². The topological polar surface area (TPSA) is 72.5 Å². The van der Waals surface area contributed by atoms with Crippen molar-refractivity contribution in [2.24, 2.45) is 5.73 Å². The van der Waals surface area contributed by atoms with E-state index in [-0.39, 0.29) is 5.75 Å². The Morgan fingerprint density at radius 2 is 2.13 bits per heavy atom. The molecule has 1 aromatic rings. The first-order valence-electron chi connectivity index (χ1n) is 4.38. The fourth-order valence-electron chi connectivity index (χ4n) is 0.948. The number of ether oxygens (including phenoxy) is 1. The van der Waals surface area contributed by atoms with E-state index in [1.54, 1.807) is 24.3 Å². The third-order valence-corrected chi connectivity index (χ3v) is 2.90. The van der Waals surface area contributed by atoms with E-state index < -0.39 is 12.0 Å². The second-order valence-corrected chi connectivity index (χ2v) is 4.03. The Bertz CT molecular complexity index is 326. The number of carbonyl (C=O) groups excluding carboxylic acids is 1. The third-order valence-electron chi connectivity index (χ3n) is 1.77. The molecule has 0 aliphatic rings. The fraction of sp³-hybridized carbons (Fsp3) is 0.300. The van der Waals surface area contributed by atoms with Crippen LogP contribution in [0.25, 0.3) is 0 Å². The minimum absolute atomic E-state index is 0.219. The van der Waals surface area contributed by atoms with Crippen LogP contribution < -0.4 is 5.73 Å². The summed E-state index contributed by atoms with van der Waals surface area (Å²) in [7, 11) is 1.31. The molecule has 15 heavy (non-hydrogen) atoms. The van der Waals surface area contributed by atoms with Crippen LogP contribution in [-0.2, 0) is 9.53 Å². The van der Waals surface area contributed by atoms with Gasteiger partial charge in [0.25, 0.3) is 0 Å². The summed E-state index contributed by atoms with van der Waals surface area (Å²) in [5.74, 6) is 0.259. The molecule has 1 rings (SSSR count). The van der Waals surface area contributed by atoms with E-state index in [0.29, 0.717) is 5.75 Å². The van der Waals surface area contributed by atoms with Crippen LogP contribution in [0, 0.1) is 0 Å². The zero-order valence-corrected chi connectivity index (χ0v) is 9.16. The van der Waals surface area contributed by atoms with Gasteiger partial charge in [0, 0.05) is 10.6 Å². The van der Waals surface area contributed by atoms with Crippen LogP contribution in [0.3, 0.4) is 0 Å². The average Bonchev–Trinajstić information content (AvgIpc) is 2.26. The zero-order valence-electron chi connectivity index (χ0n) is 8.34. The largest absolute Gasteiger partial charge is 0.508 e. The first-order chi connectivity index (χ1) is 7.13. The molecule has 0 saturated carbocycles. The number of phenolic OH excluding ortho intramolecular Hbond substituents is 1. The number of nitrogens with two attached hydrogens (primary N) is 1. The van der Waals surface area contributed by atoms with Crippen LogP contribution in [-0.4, -0.2) is 30.0 Å². The highest BCUT2D eigenvalue weighted by molar-refractivity contribution is 7.99. The lowest BCUT2D eigenvalue weighted by Gasteiger charge is -2.08. The van der Waals surface area contributed by atoms with Crippen molar-refractivity contribution in [3.8, 4) is 5.75 Å². The summed E-state index contributed by atoms with van der Waals surface area (Å²) >= 11 is 1.44. The molecule has 3 N–H and O–H groups in total. The molecule has 1 atom stereocenters. The molecule has 0 bridgehead atoms. The van der Waals surface area contributed by atoms with E-state index in [1.807, 2.05) is 0 Å². The van der Waals surface area contributed by atoms with Gasteiger partial charge in [-0.25, -0.2) is 0 Å². The van der Waals surface area contributed by atoms with Gasteiger partial charge >= 0.3 is 5.97 Å². The van der Waals surface area contributed by atoms with Crippen LogP contribution in [0.5, 0.6) is 5.75 Å². The Labute approximate surface area is 92.4 Å². The molecular weight excluding hydrogens is 214 g/mol. The van der Waals surface area contributed by atoms with Crippen molar-refractivity contribution in [2.75, 3.05) is 12.9 Å². The second kappa shape index (κ2) is 5.63. The van der Waals surface area contributed by atoms with Gasteiger partial charge in [0.2, 0.25) is 0 Å². The van der Waals surface area contributed by atoms with Crippen LogP contribution in [0.15, 0.2) is 29.2 Å². The van der Waals surface area contributed by atoms with Crippen molar-refractivity contribution >= 4 is 17.7 Å². The molecule has 0 radical (unpaired) electrons. The Balaban J connectivity index is 2.43. The lowest BCUT2D eigenvalue weighted by molar-refractivity contribution is -0.141. The van der Waals surface area contributed by atoms with E-state index in [2.05, 4.69) is 4.74 Å². The monoisotopic (exact) mass is 227 g/mol. The summed E-state index contributed by atoms with van der Waals surface area (Å²) in [6.07, 6.45) is 0. The van der Waals surface area contributed by atoms with Gasteiger partial charge < -0.3 is 15.6 Å². The normalized spacial score (nSPS) is 12.1. The van der Waals surface area contributed by atoms with Crippen molar-refractivity contribution in [1.82, 2.24) is 0 Å². The van der Waals surface area contributed by atoms with E-state index in [9.17, 15) is 4.79 Å². The Hall–Kier alpha value is -1.20.